The van der Waals surface area contributed by atoms with E-state index in [9.17, 15) is 18.0 Å². The average molecular weight is 391 g/mol. The molecular weight excluding hydrogens is 371 g/mol. The van der Waals surface area contributed by atoms with Crippen LogP contribution in [0.25, 0.3) is 0 Å². The Labute approximate surface area is 160 Å². The van der Waals surface area contributed by atoms with Crippen molar-refractivity contribution in [1.82, 2.24) is 19.6 Å². The van der Waals surface area contributed by atoms with Gasteiger partial charge in [-0.2, -0.15) is 23.4 Å². The Morgan fingerprint density at radius 3 is 2.68 bits per heavy atom. The van der Waals surface area contributed by atoms with E-state index in [0.29, 0.717) is 17.9 Å². The first kappa shape index (κ1) is 19.7. The third-order valence-corrected chi connectivity index (χ3v) is 4.17. The number of halogens is 3. The number of alkyl halides is 3. The van der Waals surface area contributed by atoms with Crippen molar-refractivity contribution < 1.29 is 18.0 Å². The van der Waals surface area contributed by atoms with E-state index >= 15 is 0 Å². The molecule has 148 valence electrons. The number of carbonyl (C=O) groups excluding carboxylic acids is 1. The monoisotopic (exact) mass is 391 g/mol. The predicted molar refractivity (Wildman–Crippen MR) is 97.7 cm³/mol. The average Bonchev–Trinajstić information content (AvgIpc) is 3.19. The third-order valence-electron chi connectivity index (χ3n) is 4.17. The van der Waals surface area contributed by atoms with E-state index in [1.807, 2.05) is 25.1 Å². The number of hydrogen-bond acceptors (Lipinski definition) is 3. The van der Waals surface area contributed by atoms with Crippen LogP contribution in [0.3, 0.4) is 0 Å². The minimum atomic E-state index is -4.50. The molecule has 0 fully saturated rings. The summed E-state index contributed by atoms with van der Waals surface area (Å²) >= 11 is 0. The van der Waals surface area contributed by atoms with Crippen molar-refractivity contribution in [3.8, 4) is 0 Å². The number of nitrogens with zero attached hydrogens (tertiary/aromatic N) is 4. The SMILES string of the molecule is Cc1cccc(Cn2cc(NC(=O)CCn3nc(C(F)(F)F)cc3C)cn2)c1. The Kier molecular flexibility index (Phi) is 5.53. The summed E-state index contributed by atoms with van der Waals surface area (Å²) in [5, 5.41) is 10.4. The summed E-state index contributed by atoms with van der Waals surface area (Å²) in [4.78, 5) is 12.1. The maximum absolute atomic E-state index is 12.7. The van der Waals surface area contributed by atoms with Gasteiger partial charge in [-0.3, -0.25) is 14.2 Å². The first-order chi connectivity index (χ1) is 13.2. The molecule has 9 heteroatoms. The molecule has 3 aromatic rings. The largest absolute Gasteiger partial charge is 0.435 e. The lowest BCUT2D eigenvalue weighted by atomic mass is 10.1. The molecule has 0 aliphatic rings. The lowest BCUT2D eigenvalue weighted by Crippen LogP contribution is -2.16. The molecule has 0 spiro atoms. The van der Waals surface area contributed by atoms with Crippen molar-refractivity contribution in [2.75, 3.05) is 5.32 Å². The molecule has 0 bridgehead atoms. The van der Waals surface area contributed by atoms with Crippen LogP contribution < -0.4 is 5.32 Å². The Hall–Kier alpha value is -3.10. The first-order valence-corrected chi connectivity index (χ1v) is 8.70. The number of carbonyl (C=O) groups is 1. The maximum atomic E-state index is 12.7. The highest BCUT2D eigenvalue weighted by Gasteiger charge is 2.34. The molecule has 0 aliphatic heterocycles. The van der Waals surface area contributed by atoms with Crippen LogP contribution in [0, 0.1) is 13.8 Å². The van der Waals surface area contributed by atoms with Gasteiger partial charge in [-0.25, -0.2) is 0 Å². The second kappa shape index (κ2) is 7.87. The second-order valence-corrected chi connectivity index (χ2v) is 6.61. The normalized spacial score (nSPS) is 11.6. The number of anilines is 1. The molecule has 0 aliphatic carbocycles. The van der Waals surface area contributed by atoms with Crippen molar-refractivity contribution in [1.29, 1.82) is 0 Å². The van der Waals surface area contributed by atoms with Crippen LogP contribution in [0.4, 0.5) is 18.9 Å². The summed E-state index contributed by atoms with van der Waals surface area (Å²) in [7, 11) is 0. The van der Waals surface area contributed by atoms with E-state index in [0.717, 1.165) is 17.2 Å². The van der Waals surface area contributed by atoms with Crippen LogP contribution >= 0.6 is 0 Å². The van der Waals surface area contributed by atoms with Crippen molar-refractivity contribution >= 4 is 11.6 Å². The standard InChI is InChI=1S/C19H20F3N5O/c1-13-4-3-5-15(8-13)11-26-12-16(10-23-26)24-18(28)6-7-27-14(2)9-17(25-27)19(20,21)22/h3-5,8-10,12H,6-7,11H2,1-2H3,(H,24,28). The fraction of sp³-hybridized carbons (Fsp3) is 0.316. The second-order valence-electron chi connectivity index (χ2n) is 6.61. The third kappa shape index (κ3) is 4.99. The number of hydrogen-bond donors (Lipinski definition) is 1. The Morgan fingerprint density at radius 2 is 2.00 bits per heavy atom. The highest BCUT2D eigenvalue weighted by Crippen LogP contribution is 2.28. The predicted octanol–water partition coefficient (Wildman–Crippen LogP) is 3.79. The number of aromatic nitrogens is 4. The van der Waals surface area contributed by atoms with Gasteiger partial charge in [-0.15, -0.1) is 0 Å². The summed E-state index contributed by atoms with van der Waals surface area (Å²) < 4.78 is 40.9. The van der Waals surface area contributed by atoms with Gasteiger partial charge in [-0.05, 0) is 25.5 Å². The summed E-state index contributed by atoms with van der Waals surface area (Å²) in [5.41, 5.74) is 2.18. The van der Waals surface area contributed by atoms with Gasteiger partial charge < -0.3 is 5.32 Å². The zero-order valence-electron chi connectivity index (χ0n) is 15.5. The molecule has 0 saturated carbocycles. The van der Waals surface area contributed by atoms with E-state index in [4.69, 9.17) is 0 Å². The Balaban J connectivity index is 1.54. The van der Waals surface area contributed by atoms with Gasteiger partial charge in [0.25, 0.3) is 0 Å². The maximum Gasteiger partial charge on any atom is 0.435 e. The van der Waals surface area contributed by atoms with Crippen molar-refractivity contribution in [3.05, 3.63) is 65.2 Å². The summed E-state index contributed by atoms with van der Waals surface area (Å²) in [5.74, 6) is -0.321. The van der Waals surface area contributed by atoms with Gasteiger partial charge in [0, 0.05) is 24.9 Å². The smallest absolute Gasteiger partial charge is 0.323 e. The zero-order chi connectivity index (χ0) is 20.3. The molecular formula is C19H20F3N5O. The Bertz CT molecular complexity index is 974. The van der Waals surface area contributed by atoms with Crippen LogP contribution in [-0.2, 0) is 24.1 Å². The molecule has 1 N–H and O–H groups in total. The number of amides is 1. The molecule has 2 aromatic heterocycles. The molecule has 3 rings (SSSR count). The summed E-state index contributed by atoms with van der Waals surface area (Å²) in [6.45, 7) is 4.17. The van der Waals surface area contributed by atoms with E-state index in [1.165, 1.54) is 17.8 Å². The fourth-order valence-corrected chi connectivity index (χ4v) is 2.82. The van der Waals surface area contributed by atoms with Crippen LogP contribution in [0.15, 0.2) is 42.7 Å². The minimum absolute atomic E-state index is 0.00285. The number of rotatable bonds is 6. The molecule has 1 aromatic carbocycles. The Morgan fingerprint density at radius 1 is 1.21 bits per heavy atom. The number of benzene rings is 1. The van der Waals surface area contributed by atoms with Gasteiger partial charge in [0.05, 0.1) is 18.4 Å². The van der Waals surface area contributed by atoms with Crippen molar-refractivity contribution in [2.45, 2.75) is 39.5 Å². The highest BCUT2D eigenvalue weighted by atomic mass is 19.4. The lowest BCUT2D eigenvalue weighted by Gasteiger charge is -2.05. The van der Waals surface area contributed by atoms with Crippen LogP contribution in [0.5, 0.6) is 0 Å². The molecule has 0 radical (unpaired) electrons. The molecule has 2 heterocycles. The van der Waals surface area contributed by atoms with E-state index in [1.54, 1.807) is 10.9 Å². The minimum Gasteiger partial charge on any atom is -0.323 e. The van der Waals surface area contributed by atoms with E-state index < -0.39 is 11.9 Å². The van der Waals surface area contributed by atoms with Gasteiger partial charge in [0.1, 0.15) is 0 Å². The van der Waals surface area contributed by atoms with Gasteiger partial charge in [0.15, 0.2) is 5.69 Å². The molecule has 6 nitrogen and oxygen atoms in total. The van der Waals surface area contributed by atoms with Gasteiger partial charge in [0.2, 0.25) is 5.91 Å². The topological polar surface area (TPSA) is 64.7 Å². The molecule has 0 atom stereocenters. The number of aryl methyl sites for hydroxylation is 3. The first-order valence-electron chi connectivity index (χ1n) is 8.70. The van der Waals surface area contributed by atoms with Crippen molar-refractivity contribution in [3.63, 3.8) is 0 Å². The van der Waals surface area contributed by atoms with E-state index in [-0.39, 0.29) is 18.9 Å². The van der Waals surface area contributed by atoms with Crippen LogP contribution in [0.2, 0.25) is 0 Å². The fourth-order valence-electron chi connectivity index (χ4n) is 2.82. The molecule has 0 saturated heterocycles. The van der Waals surface area contributed by atoms with Crippen LogP contribution in [0.1, 0.15) is 28.9 Å². The quantitative estimate of drug-likeness (QED) is 0.695. The molecule has 0 unspecified atom stereocenters. The lowest BCUT2D eigenvalue weighted by molar-refractivity contribution is -0.141. The molecule has 28 heavy (non-hydrogen) atoms. The van der Waals surface area contributed by atoms with Gasteiger partial charge in [-0.1, -0.05) is 29.8 Å². The van der Waals surface area contributed by atoms with Crippen molar-refractivity contribution in [2.24, 2.45) is 0 Å². The summed E-state index contributed by atoms with van der Waals surface area (Å²) in [6, 6.07) is 9.00. The van der Waals surface area contributed by atoms with Crippen LogP contribution in [-0.4, -0.2) is 25.5 Å². The zero-order valence-corrected chi connectivity index (χ0v) is 15.5. The molecule has 1 amide bonds. The highest BCUT2D eigenvalue weighted by molar-refractivity contribution is 5.90. The van der Waals surface area contributed by atoms with Gasteiger partial charge >= 0.3 is 6.18 Å². The van der Waals surface area contributed by atoms with E-state index in [2.05, 4.69) is 21.6 Å². The summed E-state index contributed by atoms with van der Waals surface area (Å²) in [6.07, 6.45) is -1.25. The number of nitrogens with one attached hydrogen (secondary N) is 1.